The number of terminal acetylenes is 1. The fraction of sp³-hybridized carbons (Fsp3) is 0. The van der Waals surface area contributed by atoms with E-state index >= 15 is 0 Å². The summed E-state index contributed by atoms with van der Waals surface area (Å²) in [6, 6.07) is 3.59. The van der Waals surface area contributed by atoms with Gasteiger partial charge in [0.25, 0.3) is 0 Å². The molecule has 0 N–H and O–H groups in total. The second kappa shape index (κ2) is 2.40. The van der Waals surface area contributed by atoms with E-state index in [9.17, 15) is 0 Å². The van der Waals surface area contributed by atoms with Crippen LogP contribution in [0, 0.1) is 24.7 Å². The Morgan fingerprint density at radius 1 is 1.44 bits per heavy atom. The minimum atomic E-state index is 0.781. The van der Waals surface area contributed by atoms with Gasteiger partial charge < -0.3 is 6.42 Å². The molecule has 0 saturated heterocycles. The quantitative estimate of drug-likeness (QED) is 0.371. The zero-order valence-electron chi connectivity index (χ0n) is 4.64. The van der Waals surface area contributed by atoms with Crippen molar-refractivity contribution in [1.82, 2.24) is 0 Å². The Kier molecular flexibility index (Phi) is 1.58. The van der Waals surface area contributed by atoms with Crippen LogP contribution in [0.3, 0.4) is 0 Å². The Morgan fingerprint density at radius 2 is 2.11 bits per heavy atom. The number of hydrogen-bond acceptors (Lipinski definition) is 1. The third-order valence-corrected chi connectivity index (χ3v) is 1.80. The molecule has 0 nitrogen and oxygen atoms in total. The van der Waals surface area contributed by atoms with E-state index < -0.39 is 0 Å². The third kappa shape index (κ3) is 1.13. The third-order valence-electron chi connectivity index (χ3n) is 0.871. The highest BCUT2D eigenvalue weighted by molar-refractivity contribution is 7.13. The summed E-state index contributed by atoms with van der Waals surface area (Å²) in [5.41, 5.74) is 0. The van der Waals surface area contributed by atoms with Crippen LogP contribution in [0.25, 0.3) is 0 Å². The fourth-order valence-electron chi connectivity index (χ4n) is 0.483. The maximum atomic E-state index is 6.72. The van der Waals surface area contributed by atoms with Gasteiger partial charge in [-0.1, -0.05) is 16.9 Å². The second-order valence-corrected chi connectivity index (χ2v) is 2.52. The van der Waals surface area contributed by atoms with E-state index in [1.807, 2.05) is 6.07 Å². The minimum absolute atomic E-state index is 0.781. The molecule has 0 saturated carbocycles. The van der Waals surface area contributed by atoms with Crippen LogP contribution in [0.5, 0.6) is 0 Å². The van der Waals surface area contributed by atoms with Crippen molar-refractivity contribution in [3.63, 3.8) is 0 Å². The maximum absolute atomic E-state index is 6.72. The van der Waals surface area contributed by atoms with Crippen LogP contribution in [-0.2, 0) is 0 Å². The molecule has 1 aromatic heterocycles. The van der Waals surface area contributed by atoms with Crippen LogP contribution in [0.4, 0.5) is 0 Å². The molecule has 0 bridgehead atoms. The van der Waals surface area contributed by atoms with Crippen LogP contribution >= 0.6 is 11.3 Å². The lowest BCUT2D eigenvalue weighted by Gasteiger charge is -1.83. The van der Waals surface area contributed by atoms with Gasteiger partial charge in [-0.15, -0.1) is 12.5 Å². The monoisotopic (exact) mass is 131 g/mol. The molecule has 0 aliphatic heterocycles. The van der Waals surface area contributed by atoms with Gasteiger partial charge in [0.15, 0.2) is 0 Å². The van der Waals surface area contributed by atoms with Crippen molar-refractivity contribution in [3.05, 3.63) is 28.3 Å². The molecule has 0 amide bonds. The molecule has 0 spiro atoms. The van der Waals surface area contributed by atoms with Crippen LogP contribution in [0.2, 0.25) is 0 Å². The Hall–Kier alpha value is -1.18. The van der Waals surface area contributed by atoms with Gasteiger partial charge in [0.05, 0.1) is 4.88 Å². The van der Waals surface area contributed by atoms with Crippen LogP contribution < -0.4 is 0 Å². The van der Waals surface area contributed by atoms with Gasteiger partial charge in [-0.05, 0) is 0 Å². The Labute approximate surface area is 58.5 Å². The van der Waals surface area contributed by atoms with E-state index in [0.29, 0.717) is 0 Å². The molecular formula is C8H3S-. The average Bonchev–Trinajstić information content (AvgIpc) is 2.34. The predicted molar refractivity (Wildman–Crippen MR) is 38.5 cm³/mol. The van der Waals surface area contributed by atoms with Gasteiger partial charge in [-0.25, -0.2) is 11.3 Å². The lowest BCUT2D eigenvalue weighted by Crippen LogP contribution is -1.52. The first-order valence-electron chi connectivity index (χ1n) is 2.36. The molecule has 0 aliphatic carbocycles. The highest BCUT2D eigenvalue weighted by Gasteiger charge is 1.82. The van der Waals surface area contributed by atoms with Gasteiger partial charge in [-0.3, -0.25) is 5.92 Å². The molecule has 0 aliphatic rings. The molecule has 1 rings (SSSR count). The number of hydrogen-bond donors (Lipinski definition) is 0. The minimum Gasteiger partial charge on any atom is -0.365 e. The normalized spacial score (nSPS) is 7.78. The maximum Gasteiger partial charge on any atom is 0.0583 e. The Bertz CT molecular complexity index is 252. The molecule has 0 radical (unpaired) electrons. The molecule has 1 heteroatoms. The van der Waals surface area contributed by atoms with E-state index in [0.717, 1.165) is 9.75 Å². The molecule has 0 unspecified atom stereocenters. The molecule has 0 fully saturated rings. The fourth-order valence-corrected chi connectivity index (χ4v) is 1.10. The molecule has 0 aromatic carbocycles. The number of thiophene rings is 1. The van der Waals surface area contributed by atoms with Gasteiger partial charge >= 0.3 is 0 Å². The summed E-state index contributed by atoms with van der Waals surface area (Å²) in [6.07, 6.45) is 11.8. The summed E-state index contributed by atoms with van der Waals surface area (Å²) in [6.45, 7) is 0. The van der Waals surface area contributed by atoms with E-state index in [4.69, 9.17) is 12.8 Å². The summed E-state index contributed by atoms with van der Waals surface area (Å²) < 4.78 is 0. The molecular weight excluding hydrogens is 128 g/mol. The van der Waals surface area contributed by atoms with Crippen LogP contribution in [0.1, 0.15) is 9.75 Å². The zero-order valence-corrected chi connectivity index (χ0v) is 5.46. The summed E-state index contributed by atoms with van der Waals surface area (Å²) in [4.78, 5) is 1.63. The van der Waals surface area contributed by atoms with E-state index in [1.165, 1.54) is 11.3 Å². The number of rotatable bonds is 0. The summed E-state index contributed by atoms with van der Waals surface area (Å²) in [7, 11) is 0. The van der Waals surface area contributed by atoms with E-state index in [-0.39, 0.29) is 0 Å². The van der Waals surface area contributed by atoms with Crippen molar-refractivity contribution >= 4 is 11.3 Å². The van der Waals surface area contributed by atoms with Gasteiger partial charge in [-0.2, -0.15) is 0 Å². The largest absolute Gasteiger partial charge is 0.365 e. The second-order valence-electron chi connectivity index (χ2n) is 1.43. The van der Waals surface area contributed by atoms with Gasteiger partial charge in [0, 0.05) is 0 Å². The Balaban J connectivity index is 3.08. The van der Waals surface area contributed by atoms with Crippen molar-refractivity contribution in [3.8, 4) is 18.3 Å². The SMILES string of the molecule is [C-]#Cc1ccc(C#C)s1. The standard InChI is InChI=1S/C8H3S/c1-3-7-5-6-8(4-2)9-7/h1,5-6H/q-1. The highest BCUT2D eigenvalue weighted by atomic mass is 32.1. The summed E-state index contributed by atoms with van der Waals surface area (Å²) in [5, 5.41) is 0. The summed E-state index contributed by atoms with van der Waals surface area (Å²) in [5.74, 6) is 4.73. The topological polar surface area (TPSA) is 0 Å². The van der Waals surface area contributed by atoms with Crippen molar-refractivity contribution < 1.29 is 0 Å². The van der Waals surface area contributed by atoms with Gasteiger partial charge in [0.2, 0.25) is 0 Å². The smallest absolute Gasteiger partial charge is 0.0583 e. The first-order valence-corrected chi connectivity index (χ1v) is 3.17. The van der Waals surface area contributed by atoms with Gasteiger partial charge in [0.1, 0.15) is 0 Å². The molecule has 42 valence electrons. The predicted octanol–water partition coefficient (Wildman–Crippen LogP) is 1.67. The lowest BCUT2D eigenvalue weighted by molar-refractivity contribution is 1.90. The molecule has 1 heterocycles. The van der Waals surface area contributed by atoms with Crippen molar-refractivity contribution in [2.45, 2.75) is 0 Å². The Morgan fingerprint density at radius 3 is 2.44 bits per heavy atom. The van der Waals surface area contributed by atoms with E-state index in [1.54, 1.807) is 6.07 Å². The highest BCUT2D eigenvalue weighted by Crippen LogP contribution is 2.12. The first kappa shape index (κ1) is 5.95. The zero-order chi connectivity index (χ0) is 6.69. The van der Waals surface area contributed by atoms with Crippen molar-refractivity contribution in [2.75, 3.05) is 0 Å². The van der Waals surface area contributed by atoms with Crippen molar-refractivity contribution in [1.29, 1.82) is 0 Å². The molecule has 9 heavy (non-hydrogen) atoms. The lowest BCUT2D eigenvalue weighted by atomic mass is 10.4. The van der Waals surface area contributed by atoms with Crippen molar-refractivity contribution in [2.24, 2.45) is 0 Å². The molecule has 1 aromatic rings. The molecule has 0 atom stereocenters. The summed E-state index contributed by atoms with van der Waals surface area (Å²) >= 11 is 1.40. The van der Waals surface area contributed by atoms with Crippen LogP contribution in [-0.4, -0.2) is 0 Å². The first-order chi connectivity index (χ1) is 4.36. The average molecular weight is 131 g/mol. The van der Waals surface area contributed by atoms with E-state index in [2.05, 4.69) is 11.8 Å². The van der Waals surface area contributed by atoms with Crippen LogP contribution in [0.15, 0.2) is 12.1 Å².